The number of primary amides is 1. The highest BCUT2D eigenvalue weighted by Crippen LogP contribution is 2.52. The van der Waals surface area contributed by atoms with E-state index in [-0.39, 0.29) is 17.5 Å². The number of nitrogens with one attached hydrogen (secondary N) is 2. The molecule has 12 nitrogen and oxygen atoms in total. The van der Waals surface area contributed by atoms with E-state index in [0.717, 1.165) is 0 Å². The third kappa shape index (κ3) is 5.82. The van der Waals surface area contributed by atoms with Crippen LogP contribution in [0.5, 0.6) is 0 Å². The van der Waals surface area contributed by atoms with Crippen molar-refractivity contribution in [1.82, 2.24) is 25.5 Å². The topological polar surface area (TPSA) is 182 Å². The number of carboxylic acids is 1. The minimum Gasteiger partial charge on any atom is -0.478 e. The molecule has 0 saturated heterocycles. The number of carbonyl (C=O) groups is 4. The molecule has 0 radical (unpaired) electrons. The van der Waals surface area contributed by atoms with E-state index >= 15 is 0 Å². The molecule has 5 N–H and O–H groups in total. The zero-order valence-electron chi connectivity index (χ0n) is 21.2. The lowest BCUT2D eigenvalue weighted by Gasteiger charge is -2.19. The normalized spacial score (nSPS) is 17.6. The Morgan fingerprint density at radius 2 is 1.83 bits per heavy atom. The van der Waals surface area contributed by atoms with E-state index < -0.39 is 35.1 Å². The number of benzene rings is 3. The van der Waals surface area contributed by atoms with Gasteiger partial charge >= 0.3 is 5.97 Å². The quantitative estimate of drug-likeness (QED) is 0.221. The van der Waals surface area contributed by atoms with Gasteiger partial charge in [-0.2, -0.15) is 4.68 Å². The van der Waals surface area contributed by atoms with Gasteiger partial charge in [-0.05, 0) is 83.1 Å². The Labute approximate surface area is 237 Å². The molecular weight excluding hydrogens is 550 g/mol. The van der Waals surface area contributed by atoms with Crippen LogP contribution in [0.1, 0.15) is 44.2 Å². The SMILES string of the molecule is NC(=O)c1cccc([C@@H]2CC2(NC(=O)/C=C/c2cc(Cl)ccc2-n2cnnn2)C(=O)Nc2ccc(C(=O)O)cc2)c1. The van der Waals surface area contributed by atoms with Crippen LogP contribution in [0, 0.1) is 0 Å². The number of carbonyl (C=O) groups excluding carboxylic acids is 3. The molecular formula is C28H22ClN7O5. The van der Waals surface area contributed by atoms with Crippen molar-refractivity contribution in [3.8, 4) is 5.69 Å². The Morgan fingerprint density at radius 1 is 1.05 bits per heavy atom. The number of hydrogen-bond donors (Lipinski definition) is 4. The first-order valence-corrected chi connectivity index (χ1v) is 12.6. The van der Waals surface area contributed by atoms with Gasteiger partial charge in [0.1, 0.15) is 11.9 Å². The zero-order valence-corrected chi connectivity index (χ0v) is 21.9. The number of aromatic nitrogens is 4. The highest BCUT2D eigenvalue weighted by molar-refractivity contribution is 6.30. The first kappa shape index (κ1) is 27.2. The van der Waals surface area contributed by atoms with Crippen molar-refractivity contribution < 1.29 is 24.3 Å². The molecule has 5 rings (SSSR count). The Hall–Kier alpha value is -5.36. The van der Waals surface area contributed by atoms with Crippen molar-refractivity contribution in [3.63, 3.8) is 0 Å². The molecule has 1 heterocycles. The van der Waals surface area contributed by atoms with Gasteiger partial charge in [0, 0.05) is 33.8 Å². The monoisotopic (exact) mass is 571 g/mol. The van der Waals surface area contributed by atoms with Gasteiger partial charge in [0.25, 0.3) is 5.91 Å². The number of nitrogens with two attached hydrogens (primary N) is 1. The summed E-state index contributed by atoms with van der Waals surface area (Å²) in [4.78, 5) is 49.7. The number of hydrogen-bond acceptors (Lipinski definition) is 7. The fourth-order valence-electron chi connectivity index (χ4n) is 4.52. The summed E-state index contributed by atoms with van der Waals surface area (Å²) in [6, 6.07) is 17.2. The summed E-state index contributed by atoms with van der Waals surface area (Å²) in [5.74, 6) is -3.24. The van der Waals surface area contributed by atoms with Crippen LogP contribution in [0.4, 0.5) is 5.69 Å². The van der Waals surface area contributed by atoms with Crippen molar-refractivity contribution in [2.24, 2.45) is 5.73 Å². The van der Waals surface area contributed by atoms with Gasteiger partial charge in [0.15, 0.2) is 0 Å². The smallest absolute Gasteiger partial charge is 0.335 e. The lowest BCUT2D eigenvalue weighted by atomic mass is 10.0. The Balaban J connectivity index is 1.41. The molecule has 1 unspecified atom stereocenters. The van der Waals surface area contributed by atoms with Gasteiger partial charge in [-0.15, -0.1) is 5.10 Å². The Morgan fingerprint density at radius 3 is 2.51 bits per heavy atom. The highest BCUT2D eigenvalue weighted by Gasteiger charge is 2.61. The van der Waals surface area contributed by atoms with Crippen LogP contribution in [-0.4, -0.2) is 54.5 Å². The van der Waals surface area contributed by atoms with Crippen molar-refractivity contribution in [1.29, 1.82) is 0 Å². The molecule has 2 atom stereocenters. The Bertz CT molecular complexity index is 1690. The van der Waals surface area contributed by atoms with Crippen LogP contribution in [-0.2, 0) is 9.59 Å². The van der Waals surface area contributed by atoms with E-state index in [0.29, 0.717) is 27.5 Å². The van der Waals surface area contributed by atoms with Crippen LogP contribution in [0.25, 0.3) is 11.8 Å². The first-order chi connectivity index (χ1) is 19.7. The largest absolute Gasteiger partial charge is 0.478 e. The van der Waals surface area contributed by atoms with Gasteiger partial charge < -0.3 is 21.5 Å². The van der Waals surface area contributed by atoms with E-state index in [1.54, 1.807) is 42.5 Å². The number of nitrogens with zero attached hydrogens (tertiary/aromatic N) is 4. The average molecular weight is 572 g/mol. The fourth-order valence-corrected chi connectivity index (χ4v) is 4.71. The molecule has 3 aromatic carbocycles. The van der Waals surface area contributed by atoms with Crippen LogP contribution < -0.4 is 16.4 Å². The molecule has 4 aromatic rings. The number of anilines is 1. The second-order valence-electron chi connectivity index (χ2n) is 9.33. The highest BCUT2D eigenvalue weighted by atomic mass is 35.5. The van der Waals surface area contributed by atoms with Gasteiger partial charge in [-0.1, -0.05) is 23.7 Å². The minimum absolute atomic E-state index is 0.0609. The molecule has 1 aliphatic rings. The van der Waals surface area contributed by atoms with Crippen LogP contribution in [0.2, 0.25) is 5.02 Å². The van der Waals surface area contributed by atoms with Crippen molar-refractivity contribution >= 4 is 47.1 Å². The lowest BCUT2D eigenvalue weighted by molar-refractivity contribution is -0.124. The van der Waals surface area contributed by atoms with Crippen molar-refractivity contribution in [2.45, 2.75) is 17.9 Å². The molecule has 206 valence electrons. The summed E-state index contributed by atoms with van der Waals surface area (Å²) in [6.07, 6.45) is 4.45. The Kier molecular flexibility index (Phi) is 7.32. The molecule has 1 aromatic heterocycles. The molecule has 0 spiro atoms. The first-order valence-electron chi connectivity index (χ1n) is 12.2. The molecule has 3 amide bonds. The van der Waals surface area contributed by atoms with E-state index in [9.17, 15) is 19.2 Å². The van der Waals surface area contributed by atoms with Gasteiger partial charge in [-0.25, -0.2) is 4.79 Å². The summed E-state index contributed by atoms with van der Waals surface area (Å²) in [7, 11) is 0. The molecule has 41 heavy (non-hydrogen) atoms. The third-order valence-corrected chi connectivity index (χ3v) is 6.91. The summed E-state index contributed by atoms with van der Waals surface area (Å²) < 4.78 is 1.42. The molecule has 0 bridgehead atoms. The number of halogens is 1. The molecule has 1 fully saturated rings. The molecule has 13 heteroatoms. The van der Waals surface area contributed by atoms with Crippen molar-refractivity contribution in [2.75, 3.05) is 5.32 Å². The average Bonchev–Trinajstić information content (AvgIpc) is 3.42. The summed E-state index contributed by atoms with van der Waals surface area (Å²) in [5.41, 5.74) is 6.56. The maximum atomic E-state index is 13.6. The van der Waals surface area contributed by atoms with E-state index in [2.05, 4.69) is 26.2 Å². The summed E-state index contributed by atoms with van der Waals surface area (Å²) >= 11 is 6.16. The van der Waals surface area contributed by atoms with Crippen LogP contribution in [0.15, 0.2) is 79.1 Å². The predicted octanol–water partition coefficient (Wildman–Crippen LogP) is 2.81. The lowest BCUT2D eigenvalue weighted by Crippen LogP contribution is -2.47. The maximum Gasteiger partial charge on any atom is 0.335 e. The van der Waals surface area contributed by atoms with Crippen LogP contribution >= 0.6 is 11.6 Å². The number of aromatic carboxylic acids is 1. The maximum absolute atomic E-state index is 13.6. The van der Waals surface area contributed by atoms with E-state index in [1.807, 2.05) is 0 Å². The number of amides is 3. The standard InChI is InChI=1S/C28H22ClN7O5/c29-20-7-10-23(36-15-31-34-35-36)18(13-20)6-11-24(37)33-28(14-22(28)17-2-1-3-19(12-17)25(30)38)27(41)32-21-8-4-16(5-9-21)26(39)40/h1-13,15,22H,14H2,(H2,30,38)(H,32,41)(H,33,37)(H,39,40)/b11-6+/t22-,28?/m0/s1. The molecule has 1 aliphatic carbocycles. The number of carboxylic acid groups (broad SMARTS) is 1. The zero-order chi connectivity index (χ0) is 29.1. The van der Waals surface area contributed by atoms with Crippen LogP contribution in [0.3, 0.4) is 0 Å². The van der Waals surface area contributed by atoms with Gasteiger partial charge in [0.05, 0.1) is 11.3 Å². The molecule has 0 aliphatic heterocycles. The number of rotatable bonds is 9. The predicted molar refractivity (Wildman–Crippen MR) is 148 cm³/mol. The second-order valence-corrected chi connectivity index (χ2v) is 9.77. The summed E-state index contributed by atoms with van der Waals surface area (Å²) in [6.45, 7) is 0. The minimum atomic E-state index is -1.35. The van der Waals surface area contributed by atoms with Crippen molar-refractivity contribution in [3.05, 3.63) is 106 Å². The third-order valence-electron chi connectivity index (χ3n) is 6.68. The van der Waals surface area contributed by atoms with E-state index in [1.165, 1.54) is 47.4 Å². The van der Waals surface area contributed by atoms with E-state index in [4.69, 9.17) is 22.4 Å². The number of tetrazole rings is 1. The van der Waals surface area contributed by atoms with Gasteiger partial charge in [0.2, 0.25) is 11.8 Å². The summed E-state index contributed by atoms with van der Waals surface area (Å²) in [5, 5.41) is 26.3. The fraction of sp³-hybridized carbons (Fsp3) is 0.107. The van der Waals surface area contributed by atoms with Gasteiger partial charge in [-0.3, -0.25) is 14.4 Å². The molecule has 1 saturated carbocycles. The second kappa shape index (κ2) is 11.0.